The predicted molar refractivity (Wildman–Crippen MR) is 117 cm³/mol. The van der Waals surface area contributed by atoms with Crippen molar-refractivity contribution in [3.63, 3.8) is 0 Å². The standard InChI is InChI=1S/C23H22N4O2/c1-27(17-7-5-4-6-8-17)22-18-13-15(9-11-19(18)25-23(24)26-22)16-10-12-20(28-2)21(14-16)29-3/h4-14H,1-3H3,(H2,24,25,26). The van der Waals surface area contributed by atoms with E-state index in [4.69, 9.17) is 15.2 Å². The highest BCUT2D eigenvalue weighted by atomic mass is 16.5. The predicted octanol–water partition coefficient (Wildman–Crippen LogP) is 4.66. The molecule has 1 heterocycles. The summed E-state index contributed by atoms with van der Waals surface area (Å²) in [7, 11) is 5.23. The summed E-state index contributed by atoms with van der Waals surface area (Å²) >= 11 is 0. The molecule has 0 bridgehead atoms. The minimum absolute atomic E-state index is 0.245. The van der Waals surface area contributed by atoms with Crippen LogP contribution in [0.5, 0.6) is 11.5 Å². The number of hydrogen-bond donors (Lipinski definition) is 1. The van der Waals surface area contributed by atoms with Crippen LogP contribution in [0, 0.1) is 0 Å². The maximum absolute atomic E-state index is 5.98. The van der Waals surface area contributed by atoms with E-state index in [1.165, 1.54) is 0 Å². The zero-order valence-corrected chi connectivity index (χ0v) is 16.6. The maximum Gasteiger partial charge on any atom is 0.222 e. The normalized spacial score (nSPS) is 10.7. The van der Waals surface area contributed by atoms with Crippen molar-refractivity contribution < 1.29 is 9.47 Å². The van der Waals surface area contributed by atoms with Gasteiger partial charge in [-0.3, -0.25) is 0 Å². The molecule has 0 amide bonds. The minimum Gasteiger partial charge on any atom is -0.493 e. The molecular weight excluding hydrogens is 364 g/mol. The molecule has 0 unspecified atom stereocenters. The van der Waals surface area contributed by atoms with E-state index >= 15 is 0 Å². The third-order valence-corrected chi connectivity index (χ3v) is 4.87. The second-order valence-electron chi connectivity index (χ2n) is 6.60. The number of fused-ring (bicyclic) bond motifs is 1. The highest BCUT2D eigenvalue weighted by molar-refractivity contribution is 5.95. The van der Waals surface area contributed by atoms with Gasteiger partial charge in [0.1, 0.15) is 5.82 Å². The van der Waals surface area contributed by atoms with Gasteiger partial charge < -0.3 is 20.1 Å². The lowest BCUT2D eigenvalue weighted by Crippen LogP contribution is -2.13. The number of rotatable bonds is 5. The topological polar surface area (TPSA) is 73.5 Å². The first-order valence-corrected chi connectivity index (χ1v) is 9.19. The summed E-state index contributed by atoms with van der Waals surface area (Å²) in [4.78, 5) is 10.9. The fraction of sp³-hybridized carbons (Fsp3) is 0.130. The van der Waals surface area contributed by atoms with E-state index in [0.29, 0.717) is 11.5 Å². The Balaban J connectivity index is 1.86. The molecule has 0 saturated carbocycles. The van der Waals surface area contributed by atoms with E-state index in [-0.39, 0.29) is 5.95 Å². The summed E-state index contributed by atoms with van der Waals surface area (Å²) in [6.07, 6.45) is 0. The Labute approximate surface area is 169 Å². The Morgan fingerprint density at radius 2 is 1.48 bits per heavy atom. The van der Waals surface area contributed by atoms with Crippen LogP contribution in [0.3, 0.4) is 0 Å². The lowest BCUT2D eigenvalue weighted by molar-refractivity contribution is 0.355. The van der Waals surface area contributed by atoms with E-state index in [1.807, 2.05) is 72.6 Å². The fourth-order valence-electron chi connectivity index (χ4n) is 3.35. The number of ether oxygens (including phenoxy) is 2. The van der Waals surface area contributed by atoms with E-state index in [9.17, 15) is 0 Å². The van der Waals surface area contributed by atoms with Crippen molar-refractivity contribution in [2.75, 3.05) is 31.9 Å². The van der Waals surface area contributed by atoms with Crippen LogP contribution in [0.2, 0.25) is 0 Å². The Morgan fingerprint density at radius 1 is 0.793 bits per heavy atom. The molecule has 0 aliphatic rings. The molecule has 0 radical (unpaired) electrons. The summed E-state index contributed by atoms with van der Waals surface area (Å²) in [6.45, 7) is 0. The first kappa shape index (κ1) is 18.6. The first-order valence-electron chi connectivity index (χ1n) is 9.19. The van der Waals surface area contributed by atoms with Gasteiger partial charge in [-0.1, -0.05) is 30.3 Å². The molecule has 0 aliphatic carbocycles. The highest BCUT2D eigenvalue weighted by Crippen LogP contribution is 2.35. The van der Waals surface area contributed by atoms with E-state index in [1.54, 1.807) is 14.2 Å². The maximum atomic E-state index is 5.98. The Morgan fingerprint density at radius 3 is 2.21 bits per heavy atom. The molecule has 6 heteroatoms. The smallest absolute Gasteiger partial charge is 0.222 e. The van der Waals surface area contributed by atoms with Crippen LogP contribution in [-0.4, -0.2) is 31.2 Å². The molecule has 0 atom stereocenters. The number of nitrogens with two attached hydrogens (primary N) is 1. The number of nitrogen functional groups attached to an aromatic ring is 1. The lowest BCUT2D eigenvalue weighted by atomic mass is 10.0. The van der Waals surface area contributed by atoms with Crippen LogP contribution >= 0.6 is 0 Å². The van der Waals surface area contributed by atoms with Gasteiger partial charge >= 0.3 is 0 Å². The number of hydrogen-bond acceptors (Lipinski definition) is 6. The number of anilines is 3. The lowest BCUT2D eigenvalue weighted by Gasteiger charge is -2.20. The zero-order chi connectivity index (χ0) is 20.4. The first-order chi connectivity index (χ1) is 14.1. The molecule has 6 nitrogen and oxygen atoms in total. The zero-order valence-electron chi connectivity index (χ0n) is 16.6. The third-order valence-electron chi connectivity index (χ3n) is 4.87. The monoisotopic (exact) mass is 386 g/mol. The minimum atomic E-state index is 0.245. The van der Waals surface area contributed by atoms with Crippen LogP contribution in [0.15, 0.2) is 66.7 Å². The average molecular weight is 386 g/mol. The molecule has 0 saturated heterocycles. The number of nitrogens with zero attached hydrogens (tertiary/aromatic N) is 3. The molecule has 3 aromatic carbocycles. The molecule has 4 aromatic rings. The van der Waals surface area contributed by atoms with Crippen molar-refractivity contribution in [3.8, 4) is 22.6 Å². The van der Waals surface area contributed by atoms with Crippen molar-refractivity contribution in [2.45, 2.75) is 0 Å². The van der Waals surface area contributed by atoms with Crippen molar-refractivity contribution in [1.82, 2.24) is 9.97 Å². The molecule has 4 rings (SSSR count). The van der Waals surface area contributed by atoms with E-state index in [0.717, 1.165) is 33.5 Å². The highest BCUT2D eigenvalue weighted by Gasteiger charge is 2.14. The van der Waals surface area contributed by atoms with Crippen LogP contribution in [-0.2, 0) is 0 Å². The number of benzene rings is 3. The summed E-state index contributed by atoms with van der Waals surface area (Å²) < 4.78 is 10.8. The molecule has 29 heavy (non-hydrogen) atoms. The van der Waals surface area contributed by atoms with Gasteiger partial charge in [-0.05, 0) is 47.5 Å². The van der Waals surface area contributed by atoms with Gasteiger partial charge in [-0.15, -0.1) is 0 Å². The summed E-state index contributed by atoms with van der Waals surface area (Å²) in [5.41, 5.74) is 9.82. The van der Waals surface area contributed by atoms with Gasteiger partial charge in [0.05, 0.1) is 19.7 Å². The number of methoxy groups -OCH3 is 2. The van der Waals surface area contributed by atoms with Gasteiger partial charge in [-0.25, -0.2) is 4.98 Å². The largest absolute Gasteiger partial charge is 0.493 e. The molecular formula is C23H22N4O2. The van der Waals surface area contributed by atoms with Crippen molar-refractivity contribution in [1.29, 1.82) is 0 Å². The van der Waals surface area contributed by atoms with Gasteiger partial charge in [0, 0.05) is 18.1 Å². The van der Waals surface area contributed by atoms with E-state index in [2.05, 4.69) is 16.0 Å². The van der Waals surface area contributed by atoms with Crippen LogP contribution in [0.1, 0.15) is 0 Å². The molecule has 0 spiro atoms. The number of aromatic nitrogens is 2. The molecule has 0 fully saturated rings. The second kappa shape index (κ2) is 7.67. The summed E-state index contributed by atoms with van der Waals surface area (Å²) in [5.74, 6) is 2.37. The summed E-state index contributed by atoms with van der Waals surface area (Å²) in [6, 6.07) is 21.9. The van der Waals surface area contributed by atoms with Crippen LogP contribution < -0.4 is 20.1 Å². The summed E-state index contributed by atoms with van der Waals surface area (Å²) in [5, 5.41) is 0.915. The SMILES string of the molecule is COc1ccc(-c2ccc3nc(N)nc(N(C)c4ccccc4)c3c2)cc1OC. The quantitative estimate of drug-likeness (QED) is 0.538. The Hall–Kier alpha value is -3.80. The molecule has 0 aliphatic heterocycles. The van der Waals surface area contributed by atoms with Crippen molar-refractivity contribution in [2.24, 2.45) is 0 Å². The van der Waals surface area contributed by atoms with Crippen LogP contribution in [0.25, 0.3) is 22.0 Å². The van der Waals surface area contributed by atoms with Gasteiger partial charge in [0.2, 0.25) is 5.95 Å². The van der Waals surface area contributed by atoms with Crippen molar-refractivity contribution in [3.05, 3.63) is 66.7 Å². The second-order valence-corrected chi connectivity index (χ2v) is 6.60. The Bertz CT molecular complexity index is 1160. The van der Waals surface area contributed by atoms with E-state index < -0.39 is 0 Å². The van der Waals surface area contributed by atoms with Gasteiger partial charge in [0.25, 0.3) is 0 Å². The fourth-order valence-corrected chi connectivity index (χ4v) is 3.35. The Kier molecular flexibility index (Phi) is 4.91. The van der Waals surface area contributed by atoms with Crippen LogP contribution in [0.4, 0.5) is 17.5 Å². The number of para-hydroxylation sites is 1. The third kappa shape index (κ3) is 3.52. The van der Waals surface area contributed by atoms with Crippen molar-refractivity contribution >= 4 is 28.4 Å². The van der Waals surface area contributed by atoms with Gasteiger partial charge in [-0.2, -0.15) is 4.98 Å². The molecule has 1 aromatic heterocycles. The van der Waals surface area contributed by atoms with Gasteiger partial charge in [0.15, 0.2) is 11.5 Å². The average Bonchev–Trinajstić information content (AvgIpc) is 2.77. The molecule has 2 N–H and O–H groups in total. The molecule has 146 valence electrons.